The van der Waals surface area contributed by atoms with E-state index in [1.165, 1.54) is 6.42 Å². The van der Waals surface area contributed by atoms with Crippen molar-refractivity contribution in [2.75, 3.05) is 6.54 Å². The molecule has 0 heterocycles. The maximum atomic E-state index is 10.1. The molecule has 3 heteroatoms. The lowest BCUT2D eigenvalue weighted by atomic mass is 10.2. The third kappa shape index (κ3) is 17.6. The summed E-state index contributed by atoms with van der Waals surface area (Å²) in [6.45, 7) is 6.83. The molecule has 0 aliphatic carbocycles. The van der Waals surface area contributed by atoms with Crippen LogP contribution in [0.5, 0.6) is 0 Å². The van der Waals surface area contributed by atoms with Crippen LogP contribution >= 0.6 is 0 Å². The zero-order valence-electron chi connectivity index (χ0n) is 7.81. The predicted octanol–water partition coefficient (Wildman–Crippen LogP) is 1.87. The molecule has 0 aromatic carbocycles. The summed E-state index contributed by atoms with van der Waals surface area (Å²) in [6, 6.07) is -0.425. The minimum Gasteiger partial charge on any atom is -0.352 e. The first-order chi connectivity index (χ1) is 5.27. The Morgan fingerprint density at radius 2 is 1.91 bits per heavy atom. The first-order valence-corrected chi connectivity index (χ1v) is 4.30. The second-order valence-electron chi connectivity index (χ2n) is 2.00. The van der Waals surface area contributed by atoms with Gasteiger partial charge < -0.3 is 11.1 Å². The molecule has 0 aliphatic rings. The Labute approximate surface area is 69.4 Å². The number of nitrogens with one attached hydrogen (secondary N) is 1. The smallest absolute Gasteiger partial charge is 0.312 e. The summed E-state index contributed by atoms with van der Waals surface area (Å²) in [6.07, 6.45) is 3.35. The number of carbonyl (C=O) groups is 1. The maximum Gasteiger partial charge on any atom is 0.312 e. The molecule has 68 valence electrons. The topological polar surface area (TPSA) is 55.1 Å². The Morgan fingerprint density at radius 3 is 2.27 bits per heavy atom. The van der Waals surface area contributed by atoms with E-state index in [1.54, 1.807) is 0 Å². The monoisotopic (exact) mass is 160 g/mol. The summed E-state index contributed by atoms with van der Waals surface area (Å²) in [5.41, 5.74) is 4.82. The highest BCUT2D eigenvalue weighted by molar-refractivity contribution is 5.71. The highest BCUT2D eigenvalue weighted by Crippen LogP contribution is 1.90. The molecule has 0 saturated heterocycles. The van der Waals surface area contributed by atoms with E-state index in [-0.39, 0.29) is 0 Å². The molecule has 0 radical (unpaired) electrons. The molecule has 0 fully saturated rings. The number of amides is 2. The van der Waals surface area contributed by atoms with Gasteiger partial charge in [0.15, 0.2) is 0 Å². The fourth-order valence-electron chi connectivity index (χ4n) is 0.587. The number of rotatable bonds is 4. The molecule has 0 saturated carbocycles. The Balaban J connectivity index is 0. The standard InChI is InChI=1S/C6H14N2O.C2H6/c1-2-3-4-5-8-6(7)9;1-2/h2-5H2,1H3,(H3,7,8,9);1-2H3. The van der Waals surface area contributed by atoms with Crippen LogP contribution in [-0.4, -0.2) is 12.6 Å². The summed E-state index contributed by atoms with van der Waals surface area (Å²) < 4.78 is 0. The molecule has 0 unspecified atom stereocenters. The van der Waals surface area contributed by atoms with Crippen LogP contribution in [0.4, 0.5) is 4.79 Å². The molecule has 2 amide bonds. The number of hydrogen-bond donors (Lipinski definition) is 2. The largest absolute Gasteiger partial charge is 0.352 e. The number of unbranched alkanes of at least 4 members (excludes halogenated alkanes) is 2. The van der Waals surface area contributed by atoms with Crippen molar-refractivity contribution in [1.82, 2.24) is 5.32 Å². The lowest BCUT2D eigenvalue weighted by molar-refractivity contribution is 0.248. The van der Waals surface area contributed by atoms with E-state index in [1.807, 2.05) is 13.8 Å². The summed E-state index contributed by atoms with van der Waals surface area (Å²) in [4.78, 5) is 10.1. The van der Waals surface area contributed by atoms with Crippen LogP contribution < -0.4 is 11.1 Å². The quantitative estimate of drug-likeness (QED) is 0.606. The van der Waals surface area contributed by atoms with Crippen molar-refractivity contribution in [2.45, 2.75) is 40.0 Å². The van der Waals surface area contributed by atoms with Crippen molar-refractivity contribution in [3.05, 3.63) is 0 Å². The molecule has 3 nitrogen and oxygen atoms in total. The number of hydrogen-bond acceptors (Lipinski definition) is 1. The van der Waals surface area contributed by atoms with Gasteiger partial charge in [-0.2, -0.15) is 0 Å². The second kappa shape index (κ2) is 12.0. The van der Waals surface area contributed by atoms with Gasteiger partial charge in [-0.1, -0.05) is 33.6 Å². The number of primary amides is 1. The molecule has 3 N–H and O–H groups in total. The van der Waals surface area contributed by atoms with Crippen molar-refractivity contribution in [3.8, 4) is 0 Å². The van der Waals surface area contributed by atoms with Gasteiger partial charge in [0.25, 0.3) is 0 Å². The summed E-state index contributed by atoms with van der Waals surface area (Å²) in [7, 11) is 0. The molecule has 0 aliphatic heterocycles. The molecule has 0 aromatic heterocycles. The lowest BCUT2D eigenvalue weighted by Crippen LogP contribution is -2.29. The summed E-state index contributed by atoms with van der Waals surface area (Å²) >= 11 is 0. The van der Waals surface area contributed by atoms with Gasteiger partial charge in [-0.3, -0.25) is 0 Å². The first kappa shape index (κ1) is 12.9. The van der Waals surface area contributed by atoms with E-state index >= 15 is 0 Å². The zero-order chi connectivity index (χ0) is 9.11. The van der Waals surface area contributed by atoms with Gasteiger partial charge in [0.05, 0.1) is 0 Å². The average Bonchev–Trinajstić information content (AvgIpc) is 2.02. The van der Waals surface area contributed by atoms with Crippen LogP contribution in [0.25, 0.3) is 0 Å². The lowest BCUT2D eigenvalue weighted by Gasteiger charge is -1.97. The fraction of sp³-hybridized carbons (Fsp3) is 0.875. The minimum absolute atomic E-state index is 0.425. The minimum atomic E-state index is -0.425. The molecule has 0 atom stereocenters. The normalized spacial score (nSPS) is 7.91. The van der Waals surface area contributed by atoms with Crippen LogP contribution in [0.2, 0.25) is 0 Å². The van der Waals surface area contributed by atoms with E-state index < -0.39 is 6.03 Å². The summed E-state index contributed by atoms with van der Waals surface area (Å²) in [5, 5.41) is 2.52. The Bertz CT molecular complexity index is 84.2. The van der Waals surface area contributed by atoms with Gasteiger partial charge in [0.2, 0.25) is 0 Å². The Hall–Kier alpha value is -0.730. The summed E-state index contributed by atoms with van der Waals surface area (Å²) in [5.74, 6) is 0. The highest BCUT2D eigenvalue weighted by atomic mass is 16.2. The predicted molar refractivity (Wildman–Crippen MR) is 48.5 cm³/mol. The van der Waals surface area contributed by atoms with Crippen LogP contribution in [0.3, 0.4) is 0 Å². The molecule has 0 bridgehead atoms. The maximum absolute atomic E-state index is 10.1. The number of nitrogens with two attached hydrogens (primary N) is 1. The van der Waals surface area contributed by atoms with E-state index in [4.69, 9.17) is 5.73 Å². The fourth-order valence-corrected chi connectivity index (χ4v) is 0.587. The second-order valence-corrected chi connectivity index (χ2v) is 2.00. The molecule has 0 spiro atoms. The molecule has 11 heavy (non-hydrogen) atoms. The Morgan fingerprint density at radius 1 is 1.36 bits per heavy atom. The first-order valence-electron chi connectivity index (χ1n) is 4.30. The van der Waals surface area contributed by atoms with Gasteiger partial charge in [0.1, 0.15) is 0 Å². The Kier molecular flexibility index (Phi) is 14.1. The molecule has 0 rings (SSSR count). The molecular weight excluding hydrogens is 140 g/mol. The van der Waals surface area contributed by atoms with Crippen molar-refractivity contribution in [2.24, 2.45) is 5.73 Å². The van der Waals surface area contributed by atoms with Gasteiger partial charge in [-0.05, 0) is 6.42 Å². The van der Waals surface area contributed by atoms with Gasteiger partial charge in [0, 0.05) is 6.54 Å². The third-order valence-corrected chi connectivity index (χ3v) is 1.08. The molecule has 0 aromatic rings. The average molecular weight is 160 g/mol. The van der Waals surface area contributed by atoms with E-state index in [2.05, 4.69) is 12.2 Å². The van der Waals surface area contributed by atoms with Gasteiger partial charge in [-0.15, -0.1) is 0 Å². The molecular formula is C8H20N2O. The van der Waals surface area contributed by atoms with Crippen LogP contribution in [0.1, 0.15) is 40.0 Å². The van der Waals surface area contributed by atoms with Gasteiger partial charge in [-0.25, -0.2) is 4.79 Å². The van der Waals surface area contributed by atoms with E-state index in [0.717, 1.165) is 12.8 Å². The van der Waals surface area contributed by atoms with Crippen LogP contribution in [0, 0.1) is 0 Å². The zero-order valence-corrected chi connectivity index (χ0v) is 7.81. The van der Waals surface area contributed by atoms with Crippen molar-refractivity contribution < 1.29 is 4.79 Å². The van der Waals surface area contributed by atoms with Crippen molar-refractivity contribution in [1.29, 1.82) is 0 Å². The SMILES string of the molecule is CC.CCCCCNC(N)=O. The van der Waals surface area contributed by atoms with E-state index in [0.29, 0.717) is 6.54 Å². The number of carbonyl (C=O) groups excluding carboxylic acids is 1. The highest BCUT2D eigenvalue weighted by Gasteiger charge is 1.88. The van der Waals surface area contributed by atoms with Gasteiger partial charge >= 0.3 is 6.03 Å². The van der Waals surface area contributed by atoms with Crippen molar-refractivity contribution in [3.63, 3.8) is 0 Å². The van der Waals surface area contributed by atoms with Crippen molar-refractivity contribution >= 4 is 6.03 Å². The van der Waals surface area contributed by atoms with E-state index in [9.17, 15) is 4.79 Å². The number of urea groups is 1. The van der Waals surface area contributed by atoms with Crippen LogP contribution in [0.15, 0.2) is 0 Å². The van der Waals surface area contributed by atoms with Crippen LogP contribution in [-0.2, 0) is 0 Å². The third-order valence-electron chi connectivity index (χ3n) is 1.08.